The Morgan fingerprint density at radius 2 is 2.12 bits per heavy atom. The van der Waals surface area contributed by atoms with Gasteiger partial charge in [-0.15, -0.1) is 11.3 Å². The van der Waals surface area contributed by atoms with Crippen LogP contribution in [0.15, 0.2) is 17.6 Å². The molecular formula is C17H22N4O2S. The normalized spacial score (nSPS) is 14.2. The van der Waals surface area contributed by atoms with Gasteiger partial charge in [0.2, 0.25) is 5.91 Å². The van der Waals surface area contributed by atoms with Crippen LogP contribution in [0.3, 0.4) is 0 Å². The number of amides is 1. The van der Waals surface area contributed by atoms with E-state index >= 15 is 0 Å². The summed E-state index contributed by atoms with van der Waals surface area (Å²) in [5.41, 5.74) is 2.57. The minimum Gasteiger partial charge on any atom is -0.352 e. The summed E-state index contributed by atoms with van der Waals surface area (Å²) in [6.07, 6.45) is 3.89. The lowest BCUT2D eigenvalue weighted by atomic mass is 10.1. The first kappa shape index (κ1) is 16.9. The van der Waals surface area contributed by atoms with Crippen molar-refractivity contribution in [2.75, 3.05) is 20.1 Å². The number of rotatable bonds is 7. The van der Waals surface area contributed by atoms with Crippen molar-refractivity contribution in [3.8, 4) is 5.13 Å². The molecule has 128 valence electrons. The Bertz CT molecular complexity index is 747. The summed E-state index contributed by atoms with van der Waals surface area (Å²) in [4.78, 5) is 30.5. The molecule has 2 aromatic heterocycles. The van der Waals surface area contributed by atoms with Gasteiger partial charge in [0.1, 0.15) is 0 Å². The van der Waals surface area contributed by atoms with E-state index in [-0.39, 0.29) is 24.8 Å². The molecule has 0 bridgehead atoms. The van der Waals surface area contributed by atoms with E-state index in [1.807, 2.05) is 29.9 Å². The third-order valence-electron chi connectivity index (χ3n) is 4.11. The summed E-state index contributed by atoms with van der Waals surface area (Å²) in [7, 11) is 1.80. The first-order valence-electron chi connectivity index (χ1n) is 8.05. The molecule has 3 rings (SSSR count). The summed E-state index contributed by atoms with van der Waals surface area (Å²) in [6.45, 7) is 4.37. The predicted octanol–water partition coefficient (Wildman–Crippen LogP) is 1.94. The highest BCUT2D eigenvalue weighted by molar-refractivity contribution is 7.12. The number of carbonyl (C=O) groups is 2. The van der Waals surface area contributed by atoms with Gasteiger partial charge < -0.3 is 5.32 Å². The number of nitrogens with zero attached hydrogens (tertiary/aromatic N) is 3. The number of hydrogen-bond acceptors (Lipinski definition) is 5. The average molecular weight is 346 g/mol. The van der Waals surface area contributed by atoms with Crippen LogP contribution >= 0.6 is 11.3 Å². The first-order valence-corrected chi connectivity index (χ1v) is 8.93. The van der Waals surface area contributed by atoms with Gasteiger partial charge in [-0.05, 0) is 39.8 Å². The third kappa shape index (κ3) is 3.73. The zero-order chi connectivity index (χ0) is 17.3. The quantitative estimate of drug-likeness (QED) is 0.778. The van der Waals surface area contributed by atoms with Crippen LogP contribution in [0.25, 0.3) is 5.13 Å². The number of ketones is 1. The summed E-state index contributed by atoms with van der Waals surface area (Å²) in [5.74, 6) is 0.00804. The molecule has 7 heteroatoms. The number of likely N-dealkylation sites (N-methyl/N-ethyl adjacent to an activating group) is 1. The van der Waals surface area contributed by atoms with Crippen LogP contribution in [0.5, 0.6) is 0 Å². The molecule has 0 aliphatic heterocycles. The maximum atomic E-state index is 12.6. The molecule has 1 aliphatic carbocycles. The highest BCUT2D eigenvalue weighted by atomic mass is 32.1. The SMILES string of the molecule is Cc1cc(C(=O)CN(C)CC(=O)NC2CC2)c(C)n1-c1nccs1. The Morgan fingerprint density at radius 3 is 2.75 bits per heavy atom. The number of Topliss-reactive ketones (excluding diaryl/α,β-unsaturated/α-hetero) is 1. The molecule has 0 spiro atoms. The van der Waals surface area contributed by atoms with E-state index in [4.69, 9.17) is 0 Å². The van der Waals surface area contributed by atoms with E-state index in [1.165, 1.54) is 0 Å². The molecule has 24 heavy (non-hydrogen) atoms. The molecule has 1 N–H and O–H groups in total. The minimum absolute atomic E-state index is 0.0129. The van der Waals surface area contributed by atoms with E-state index in [9.17, 15) is 9.59 Å². The molecular weight excluding hydrogens is 324 g/mol. The second-order valence-corrected chi connectivity index (χ2v) is 7.25. The lowest BCUT2D eigenvalue weighted by Crippen LogP contribution is -2.38. The van der Waals surface area contributed by atoms with Crippen molar-refractivity contribution in [3.05, 3.63) is 34.6 Å². The summed E-state index contributed by atoms with van der Waals surface area (Å²) in [5, 5.41) is 5.72. The lowest BCUT2D eigenvalue weighted by Gasteiger charge is -2.15. The number of carbonyl (C=O) groups excluding carboxylic acids is 2. The van der Waals surface area contributed by atoms with Crippen molar-refractivity contribution in [3.63, 3.8) is 0 Å². The highest BCUT2D eigenvalue weighted by Crippen LogP contribution is 2.22. The van der Waals surface area contributed by atoms with Crippen LogP contribution < -0.4 is 5.32 Å². The van der Waals surface area contributed by atoms with Crippen molar-refractivity contribution in [1.29, 1.82) is 0 Å². The Kier molecular flexibility index (Phi) is 4.82. The van der Waals surface area contributed by atoms with Crippen molar-refractivity contribution in [2.24, 2.45) is 0 Å². The predicted molar refractivity (Wildman–Crippen MR) is 93.9 cm³/mol. The fourth-order valence-electron chi connectivity index (χ4n) is 2.80. The molecule has 1 aliphatic rings. The third-order valence-corrected chi connectivity index (χ3v) is 4.87. The summed E-state index contributed by atoms with van der Waals surface area (Å²) >= 11 is 1.54. The number of aromatic nitrogens is 2. The van der Waals surface area contributed by atoms with Crippen molar-refractivity contribution in [1.82, 2.24) is 19.8 Å². The fourth-order valence-corrected chi connectivity index (χ4v) is 3.55. The molecule has 0 radical (unpaired) electrons. The average Bonchev–Trinajstić information content (AvgIpc) is 3.04. The van der Waals surface area contributed by atoms with Gasteiger partial charge in [0, 0.05) is 34.6 Å². The van der Waals surface area contributed by atoms with Crippen LogP contribution in [-0.2, 0) is 4.79 Å². The van der Waals surface area contributed by atoms with Crippen molar-refractivity contribution < 1.29 is 9.59 Å². The van der Waals surface area contributed by atoms with Gasteiger partial charge >= 0.3 is 0 Å². The van der Waals surface area contributed by atoms with E-state index in [0.717, 1.165) is 29.4 Å². The van der Waals surface area contributed by atoms with Gasteiger partial charge in [0.15, 0.2) is 10.9 Å². The van der Waals surface area contributed by atoms with Gasteiger partial charge in [-0.3, -0.25) is 19.1 Å². The number of nitrogens with one attached hydrogen (secondary N) is 1. The molecule has 1 fully saturated rings. The molecule has 2 heterocycles. The Balaban J connectivity index is 1.66. The van der Waals surface area contributed by atoms with E-state index < -0.39 is 0 Å². The zero-order valence-electron chi connectivity index (χ0n) is 14.2. The minimum atomic E-state index is -0.0129. The monoisotopic (exact) mass is 346 g/mol. The Labute approximate surface area is 145 Å². The number of thiazole rings is 1. The highest BCUT2D eigenvalue weighted by Gasteiger charge is 2.24. The Morgan fingerprint density at radius 1 is 1.38 bits per heavy atom. The maximum Gasteiger partial charge on any atom is 0.234 e. The van der Waals surface area contributed by atoms with Gasteiger partial charge in [-0.2, -0.15) is 0 Å². The molecule has 0 saturated heterocycles. The van der Waals surface area contributed by atoms with Crippen molar-refractivity contribution in [2.45, 2.75) is 32.7 Å². The van der Waals surface area contributed by atoms with E-state index in [0.29, 0.717) is 11.6 Å². The lowest BCUT2D eigenvalue weighted by molar-refractivity contribution is -0.121. The molecule has 6 nitrogen and oxygen atoms in total. The first-order chi connectivity index (χ1) is 11.5. The standard InChI is InChI=1S/C17H22N4O2S/c1-11-8-14(12(2)21(11)17-18-6-7-24-17)15(22)9-20(3)10-16(23)19-13-4-5-13/h6-8,13H,4-5,9-10H2,1-3H3,(H,19,23). The molecule has 0 unspecified atom stereocenters. The van der Waals surface area contributed by atoms with Gasteiger partial charge in [0.25, 0.3) is 0 Å². The van der Waals surface area contributed by atoms with Gasteiger partial charge in [-0.25, -0.2) is 4.98 Å². The van der Waals surface area contributed by atoms with E-state index in [2.05, 4.69) is 10.3 Å². The number of aryl methyl sites for hydroxylation is 1. The number of hydrogen-bond donors (Lipinski definition) is 1. The summed E-state index contributed by atoms with van der Waals surface area (Å²) in [6, 6.07) is 2.25. The van der Waals surface area contributed by atoms with Crippen LogP contribution in [0, 0.1) is 13.8 Å². The van der Waals surface area contributed by atoms with Crippen LogP contribution in [-0.4, -0.2) is 52.3 Å². The van der Waals surface area contributed by atoms with Gasteiger partial charge in [0.05, 0.1) is 13.1 Å². The van der Waals surface area contributed by atoms with E-state index in [1.54, 1.807) is 29.5 Å². The summed E-state index contributed by atoms with van der Waals surface area (Å²) < 4.78 is 2.00. The zero-order valence-corrected chi connectivity index (χ0v) is 15.0. The Hall–Kier alpha value is -1.99. The van der Waals surface area contributed by atoms with Crippen LogP contribution in [0.2, 0.25) is 0 Å². The molecule has 1 saturated carbocycles. The second kappa shape index (κ2) is 6.86. The smallest absolute Gasteiger partial charge is 0.234 e. The maximum absolute atomic E-state index is 12.6. The molecule has 2 aromatic rings. The molecule has 0 aromatic carbocycles. The van der Waals surface area contributed by atoms with Crippen LogP contribution in [0.4, 0.5) is 0 Å². The second-order valence-electron chi connectivity index (χ2n) is 6.37. The van der Waals surface area contributed by atoms with Gasteiger partial charge in [-0.1, -0.05) is 0 Å². The topological polar surface area (TPSA) is 67.2 Å². The van der Waals surface area contributed by atoms with Crippen molar-refractivity contribution >= 4 is 23.0 Å². The van der Waals surface area contributed by atoms with Crippen LogP contribution in [0.1, 0.15) is 34.6 Å². The largest absolute Gasteiger partial charge is 0.352 e. The molecule has 0 atom stereocenters. The fraction of sp³-hybridized carbons (Fsp3) is 0.471. The molecule has 1 amide bonds.